The topological polar surface area (TPSA) is 35.5 Å². The first-order valence-corrected chi connectivity index (χ1v) is 6.05. The number of hydrogen-bond donors (Lipinski definition) is 2. The summed E-state index contributed by atoms with van der Waals surface area (Å²) in [6.07, 6.45) is 0. The second kappa shape index (κ2) is 5.15. The zero-order valence-corrected chi connectivity index (χ0v) is 11.8. The van der Waals surface area contributed by atoms with Gasteiger partial charge >= 0.3 is 0 Å². The highest BCUT2D eigenvalue weighted by molar-refractivity contribution is 6.33. The maximum atomic E-state index is 9.86. The van der Waals surface area contributed by atoms with Gasteiger partial charge in [-0.25, -0.2) is 0 Å². The van der Waals surface area contributed by atoms with E-state index in [9.17, 15) is 5.11 Å². The molecule has 0 spiro atoms. The second-order valence-corrected chi connectivity index (χ2v) is 5.49. The van der Waals surface area contributed by atoms with Crippen molar-refractivity contribution in [2.24, 2.45) is 0 Å². The molecule has 0 aromatic heterocycles. The minimum absolute atomic E-state index is 0.0521. The first-order chi connectivity index (χ1) is 7.71. The second-order valence-electron chi connectivity index (χ2n) is 5.08. The van der Waals surface area contributed by atoms with Crippen molar-refractivity contribution in [3.8, 4) is 0 Å². The monoisotopic (exact) mass is 256 g/mol. The molecule has 0 saturated heterocycles. The van der Waals surface area contributed by atoms with Gasteiger partial charge in [0.1, 0.15) is 0 Å². The standard InChI is InChI=1S/C13H21ClN2O/c1-9(13(2,3)17)15-10-6-7-12(16(4)5)11(14)8-10/h6-9,15,17H,1-5H3. The van der Waals surface area contributed by atoms with E-state index in [4.69, 9.17) is 11.6 Å². The molecule has 0 bridgehead atoms. The van der Waals surface area contributed by atoms with Crippen molar-refractivity contribution in [1.82, 2.24) is 0 Å². The van der Waals surface area contributed by atoms with Gasteiger partial charge in [0.05, 0.1) is 22.4 Å². The van der Waals surface area contributed by atoms with Gasteiger partial charge in [-0.05, 0) is 39.0 Å². The molecular formula is C13H21ClN2O. The van der Waals surface area contributed by atoms with Crippen LogP contribution in [-0.4, -0.2) is 30.8 Å². The quantitative estimate of drug-likeness (QED) is 0.870. The van der Waals surface area contributed by atoms with Crippen LogP contribution in [0.2, 0.25) is 5.02 Å². The normalized spacial score (nSPS) is 13.4. The Hall–Kier alpha value is -0.930. The minimum atomic E-state index is -0.771. The van der Waals surface area contributed by atoms with Crippen LogP contribution in [0.3, 0.4) is 0 Å². The number of halogens is 1. The molecule has 4 heteroatoms. The molecule has 0 aliphatic rings. The summed E-state index contributed by atoms with van der Waals surface area (Å²) >= 11 is 6.18. The number of nitrogens with one attached hydrogen (secondary N) is 1. The Morgan fingerprint density at radius 1 is 1.35 bits per heavy atom. The molecule has 1 atom stereocenters. The number of anilines is 2. The first-order valence-electron chi connectivity index (χ1n) is 5.67. The predicted octanol–water partition coefficient (Wildman–Crippen LogP) is 2.98. The van der Waals surface area contributed by atoms with Gasteiger partial charge in [0.2, 0.25) is 0 Å². The van der Waals surface area contributed by atoms with Gasteiger partial charge in [0.25, 0.3) is 0 Å². The lowest BCUT2D eigenvalue weighted by Gasteiger charge is -2.28. The maximum absolute atomic E-state index is 9.86. The summed E-state index contributed by atoms with van der Waals surface area (Å²) in [4.78, 5) is 1.96. The molecule has 1 aromatic carbocycles. The van der Waals surface area contributed by atoms with Crippen LogP contribution in [0.4, 0.5) is 11.4 Å². The number of rotatable bonds is 4. The van der Waals surface area contributed by atoms with Crippen LogP contribution in [0.25, 0.3) is 0 Å². The number of benzene rings is 1. The Balaban J connectivity index is 2.85. The van der Waals surface area contributed by atoms with E-state index in [0.717, 1.165) is 11.4 Å². The Morgan fingerprint density at radius 2 is 1.94 bits per heavy atom. The van der Waals surface area contributed by atoms with Gasteiger partial charge in [-0.2, -0.15) is 0 Å². The van der Waals surface area contributed by atoms with Crippen molar-refractivity contribution in [1.29, 1.82) is 0 Å². The Morgan fingerprint density at radius 3 is 2.35 bits per heavy atom. The van der Waals surface area contributed by atoms with Gasteiger partial charge in [0.15, 0.2) is 0 Å². The first kappa shape index (κ1) is 14.1. The minimum Gasteiger partial charge on any atom is -0.388 e. The lowest BCUT2D eigenvalue weighted by molar-refractivity contribution is 0.0649. The summed E-state index contributed by atoms with van der Waals surface area (Å²) in [6.45, 7) is 5.49. The van der Waals surface area contributed by atoms with E-state index in [-0.39, 0.29) is 6.04 Å². The smallest absolute Gasteiger partial charge is 0.0789 e. The molecule has 0 amide bonds. The molecule has 0 heterocycles. The van der Waals surface area contributed by atoms with Crippen molar-refractivity contribution >= 4 is 23.0 Å². The van der Waals surface area contributed by atoms with Crippen LogP contribution in [-0.2, 0) is 0 Å². The Kier molecular flexibility index (Phi) is 4.28. The molecule has 3 nitrogen and oxygen atoms in total. The highest BCUT2D eigenvalue weighted by atomic mass is 35.5. The maximum Gasteiger partial charge on any atom is 0.0789 e. The third kappa shape index (κ3) is 3.79. The van der Waals surface area contributed by atoms with Crippen LogP contribution >= 0.6 is 11.6 Å². The lowest BCUT2D eigenvalue weighted by atomic mass is 10.0. The molecule has 0 radical (unpaired) electrons. The molecule has 0 aliphatic heterocycles. The van der Waals surface area contributed by atoms with Gasteiger partial charge < -0.3 is 15.3 Å². The molecule has 0 aliphatic carbocycles. The Labute approximate surface area is 108 Å². The number of nitrogens with zero attached hydrogens (tertiary/aromatic N) is 1. The van der Waals surface area contributed by atoms with E-state index < -0.39 is 5.60 Å². The molecule has 96 valence electrons. The zero-order valence-electron chi connectivity index (χ0n) is 11.1. The highest BCUT2D eigenvalue weighted by Gasteiger charge is 2.22. The fourth-order valence-corrected chi connectivity index (χ4v) is 1.74. The van der Waals surface area contributed by atoms with E-state index in [1.807, 2.05) is 44.1 Å². The summed E-state index contributed by atoms with van der Waals surface area (Å²) in [7, 11) is 3.90. The summed E-state index contributed by atoms with van der Waals surface area (Å²) in [6, 6.07) is 5.74. The van der Waals surface area contributed by atoms with Crippen molar-refractivity contribution in [3.05, 3.63) is 23.2 Å². The van der Waals surface area contributed by atoms with E-state index >= 15 is 0 Å². The van der Waals surface area contributed by atoms with Crippen molar-refractivity contribution in [2.45, 2.75) is 32.4 Å². The molecule has 1 aromatic rings. The third-order valence-electron chi connectivity index (χ3n) is 2.87. The van der Waals surface area contributed by atoms with E-state index in [1.165, 1.54) is 0 Å². The van der Waals surface area contributed by atoms with Crippen molar-refractivity contribution in [3.63, 3.8) is 0 Å². The van der Waals surface area contributed by atoms with Crippen LogP contribution in [0, 0.1) is 0 Å². The van der Waals surface area contributed by atoms with Crippen molar-refractivity contribution < 1.29 is 5.11 Å². The SMILES string of the molecule is CC(Nc1ccc(N(C)C)c(Cl)c1)C(C)(C)O. The van der Waals surface area contributed by atoms with Gasteiger partial charge in [-0.15, -0.1) is 0 Å². The molecule has 0 fully saturated rings. The Bertz CT molecular complexity index is 385. The lowest BCUT2D eigenvalue weighted by Crippen LogP contribution is -2.39. The summed E-state index contributed by atoms with van der Waals surface area (Å²) in [5, 5.41) is 13.8. The summed E-state index contributed by atoms with van der Waals surface area (Å²) in [5.41, 5.74) is 1.12. The fourth-order valence-electron chi connectivity index (χ4n) is 1.39. The van der Waals surface area contributed by atoms with Gasteiger partial charge in [-0.1, -0.05) is 11.6 Å². The molecule has 0 saturated carbocycles. The number of hydrogen-bond acceptors (Lipinski definition) is 3. The molecule has 1 rings (SSSR count). The molecular weight excluding hydrogens is 236 g/mol. The van der Waals surface area contributed by atoms with Crippen molar-refractivity contribution in [2.75, 3.05) is 24.3 Å². The zero-order chi connectivity index (χ0) is 13.2. The number of aliphatic hydroxyl groups is 1. The predicted molar refractivity (Wildman–Crippen MR) is 75.2 cm³/mol. The van der Waals surface area contributed by atoms with Crippen LogP contribution < -0.4 is 10.2 Å². The molecule has 2 N–H and O–H groups in total. The average Bonchev–Trinajstić information content (AvgIpc) is 2.15. The van der Waals surface area contributed by atoms with Crippen LogP contribution in [0.15, 0.2) is 18.2 Å². The highest BCUT2D eigenvalue weighted by Crippen LogP contribution is 2.28. The molecule has 17 heavy (non-hydrogen) atoms. The largest absolute Gasteiger partial charge is 0.388 e. The van der Waals surface area contributed by atoms with Gasteiger partial charge in [-0.3, -0.25) is 0 Å². The van der Waals surface area contributed by atoms with Gasteiger partial charge in [0, 0.05) is 19.8 Å². The fraction of sp³-hybridized carbons (Fsp3) is 0.538. The van der Waals surface area contributed by atoms with Crippen LogP contribution in [0.5, 0.6) is 0 Å². The van der Waals surface area contributed by atoms with E-state index in [2.05, 4.69) is 5.32 Å². The summed E-state index contributed by atoms with van der Waals surface area (Å²) < 4.78 is 0. The van der Waals surface area contributed by atoms with Crippen LogP contribution in [0.1, 0.15) is 20.8 Å². The molecule has 1 unspecified atom stereocenters. The van der Waals surface area contributed by atoms with E-state index in [1.54, 1.807) is 13.8 Å². The summed E-state index contributed by atoms with van der Waals surface area (Å²) in [5.74, 6) is 0. The van der Waals surface area contributed by atoms with E-state index in [0.29, 0.717) is 5.02 Å². The average molecular weight is 257 g/mol. The third-order valence-corrected chi connectivity index (χ3v) is 3.18.